The number of nitrogens with zero attached hydrogens (tertiary/aromatic N) is 1. The Kier molecular flexibility index (Phi) is 11.2. The molecule has 178 valence electrons. The van der Waals surface area contributed by atoms with Gasteiger partial charge in [0.05, 0.1) is 12.9 Å². The van der Waals surface area contributed by atoms with Crippen LogP contribution in [0.2, 0.25) is 0 Å². The molecule has 1 aromatic rings. The Morgan fingerprint density at radius 1 is 1.06 bits per heavy atom. The van der Waals surface area contributed by atoms with Crippen molar-refractivity contribution in [2.75, 3.05) is 12.4 Å². The molecule has 10 N–H and O–H groups in total. The van der Waals surface area contributed by atoms with Gasteiger partial charge in [0.2, 0.25) is 23.6 Å². The van der Waals surface area contributed by atoms with Crippen LogP contribution in [-0.4, -0.2) is 86.3 Å². The molecule has 0 bridgehead atoms. The third kappa shape index (κ3) is 8.91. The number of H-pyrrole nitrogens is 1. The van der Waals surface area contributed by atoms with Crippen molar-refractivity contribution < 1.29 is 34.2 Å². The molecule has 0 radical (unpaired) electrons. The first kappa shape index (κ1) is 26.9. The Morgan fingerprint density at radius 2 is 1.66 bits per heavy atom. The summed E-state index contributed by atoms with van der Waals surface area (Å²) in [7, 11) is 0. The van der Waals surface area contributed by atoms with E-state index in [1.807, 2.05) is 0 Å². The predicted octanol–water partition coefficient (Wildman–Crippen LogP) is -3.99. The molecule has 0 aliphatic carbocycles. The van der Waals surface area contributed by atoms with Crippen molar-refractivity contribution in [3.8, 4) is 0 Å². The number of carbonyl (C=O) groups excluding carboxylic acids is 4. The third-order valence-corrected chi connectivity index (χ3v) is 4.62. The molecular weight excluding hydrogens is 446 g/mol. The van der Waals surface area contributed by atoms with E-state index in [0.717, 1.165) is 0 Å². The number of hydrogen-bond donors (Lipinski definition) is 9. The summed E-state index contributed by atoms with van der Waals surface area (Å²) in [5.74, 6) is -4.75. The van der Waals surface area contributed by atoms with Crippen LogP contribution >= 0.6 is 12.6 Å². The largest absolute Gasteiger partial charge is 0.480 e. The van der Waals surface area contributed by atoms with Gasteiger partial charge in [-0.3, -0.25) is 19.2 Å². The van der Waals surface area contributed by atoms with E-state index in [1.54, 1.807) is 0 Å². The highest BCUT2D eigenvalue weighted by molar-refractivity contribution is 7.80. The molecule has 32 heavy (non-hydrogen) atoms. The van der Waals surface area contributed by atoms with Crippen LogP contribution < -0.4 is 27.4 Å². The zero-order valence-electron chi connectivity index (χ0n) is 17.0. The Balaban J connectivity index is 3.03. The van der Waals surface area contributed by atoms with Gasteiger partial charge in [-0.25, -0.2) is 9.78 Å². The second kappa shape index (κ2) is 13.3. The maximum atomic E-state index is 12.8. The topological polar surface area (TPSA) is 243 Å². The summed E-state index contributed by atoms with van der Waals surface area (Å²) in [6.07, 6.45) is 2.23. The number of carboxylic acids is 1. The predicted molar refractivity (Wildman–Crippen MR) is 113 cm³/mol. The first-order valence-electron chi connectivity index (χ1n) is 9.45. The van der Waals surface area contributed by atoms with Crippen molar-refractivity contribution in [2.24, 2.45) is 11.5 Å². The van der Waals surface area contributed by atoms with Gasteiger partial charge in [-0.2, -0.15) is 12.6 Å². The van der Waals surface area contributed by atoms with Crippen molar-refractivity contribution in [3.63, 3.8) is 0 Å². The smallest absolute Gasteiger partial charge is 0.327 e. The number of carbonyl (C=O) groups is 5. The fourth-order valence-electron chi connectivity index (χ4n) is 2.47. The molecule has 0 aliphatic rings. The summed E-state index contributed by atoms with van der Waals surface area (Å²) >= 11 is 3.88. The van der Waals surface area contributed by atoms with Gasteiger partial charge < -0.3 is 42.6 Å². The van der Waals surface area contributed by atoms with Crippen molar-refractivity contribution in [1.82, 2.24) is 25.9 Å². The molecule has 1 heterocycles. The number of carboxylic acid groups (broad SMARTS) is 1. The second-order valence-corrected chi connectivity index (χ2v) is 7.14. The summed E-state index contributed by atoms with van der Waals surface area (Å²) in [5.41, 5.74) is 11.0. The van der Waals surface area contributed by atoms with Crippen LogP contribution in [0.3, 0.4) is 0 Å². The maximum Gasteiger partial charge on any atom is 0.327 e. The fraction of sp³-hybridized carbons (Fsp3) is 0.529. The number of nitrogens with two attached hydrogens (primary N) is 2. The van der Waals surface area contributed by atoms with Crippen molar-refractivity contribution in [3.05, 3.63) is 18.2 Å². The molecule has 0 spiro atoms. The van der Waals surface area contributed by atoms with Gasteiger partial charge in [-0.15, -0.1) is 0 Å². The fourth-order valence-corrected chi connectivity index (χ4v) is 2.72. The van der Waals surface area contributed by atoms with E-state index in [2.05, 4.69) is 38.5 Å². The van der Waals surface area contributed by atoms with Gasteiger partial charge in [0.25, 0.3) is 0 Å². The van der Waals surface area contributed by atoms with Crippen molar-refractivity contribution in [2.45, 2.75) is 43.4 Å². The van der Waals surface area contributed by atoms with Crippen LogP contribution in [-0.2, 0) is 30.4 Å². The summed E-state index contributed by atoms with van der Waals surface area (Å²) < 4.78 is 0. The van der Waals surface area contributed by atoms with Crippen LogP contribution in [0.1, 0.15) is 18.5 Å². The lowest BCUT2D eigenvalue weighted by atomic mass is 10.1. The molecule has 4 amide bonds. The normalized spacial score (nSPS) is 14.5. The molecule has 1 aromatic heterocycles. The van der Waals surface area contributed by atoms with Crippen molar-refractivity contribution in [1.29, 1.82) is 0 Å². The van der Waals surface area contributed by atoms with Crippen LogP contribution in [0.15, 0.2) is 12.5 Å². The quantitative estimate of drug-likeness (QED) is 0.119. The lowest BCUT2D eigenvalue weighted by Gasteiger charge is -2.24. The molecule has 1 rings (SSSR count). The minimum absolute atomic E-state index is 0.0802. The van der Waals surface area contributed by atoms with Gasteiger partial charge in [0.1, 0.15) is 24.2 Å². The average molecular weight is 474 g/mol. The number of aliphatic hydroxyl groups is 1. The maximum absolute atomic E-state index is 12.8. The number of aromatic amines is 1. The average Bonchev–Trinajstić information content (AvgIpc) is 3.25. The lowest BCUT2D eigenvalue weighted by molar-refractivity contribution is -0.141. The van der Waals surface area contributed by atoms with Crippen molar-refractivity contribution >= 4 is 42.2 Å². The van der Waals surface area contributed by atoms with E-state index < -0.39 is 60.4 Å². The van der Waals surface area contributed by atoms with E-state index in [-0.39, 0.29) is 25.0 Å². The molecule has 0 fully saturated rings. The first-order valence-corrected chi connectivity index (χ1v) is 10.1. The molecule has 0 aromatic carbocycles. The van der Waals surface area contributed by atoms with E-state index in [0.29, 0.717) is 5.69 Å². The van der Waals surface area contributed by atoms with Gasteiger partial charge >= 0.3 is 5.97 Å². The zero-order chi connectivity index (χ0) is 24.3. The molecule has 4 unspecified atom stereocenters. The van der Waals surface area contributed by atoms with E-state index in [9.17, 15) is 24.0 Å². The number of aliphatic carboxylic acids is 1. The van der Waals surface area contributed by atoms with Crippen LogP contribution in [0.4, 0.5) is 0 Å². The van der Waals surface area contributed by atoms with E-state index in [1.165, 1.54) is 12.5 Å². The van der Waals surface area contributed by atoms with E-state index >= 15 is 0 Å². The third-order valence-electron chi connectivity index (χ3n) is 4.25. The molecule has 4 atom stereocenters. The zero-order valence-corrected chi connectivity index (χ0v) is 17.9. The number of hydrogen-bond acceptors (Lipinski definition) is 9. The molecular formula is C17H27N7O7S. The number of aromatic nitrogens is 2. The first-order chi connectivity index (χ1) is 15.1. The standard InChI is InChI=1S/C17H27N7O7S/c18-9(5-25)14(27)22-10(1-2-13(19)26)15(28)23-11(3-8-4-20-7-21-8)16(29)24-12(6-32)17(30)31/h4,7,9-12,25,32H,1-3,5-6,18H2,(H2,19,26)(H,20,21)(H,22,27)(H,23,28)(H,24,29)(H,30,31). The van der Waals surface area contributed by atoms with Crippen LogP contribution in [0.5, 0.6) is 0 Å². The number of thiol groups is 1. The molecule has 0 aliphatic heterocycles. The summed E-state index contributed by atoms with van der Waals surface area (Å²) in [6.45, 7) is -0.679. The highest BCUT2D eigenvalue weighted by Crippen LogP contribution is 2.04. The molecule has 14 nitrogen and oxygen atoms in total. The minimum atomic E-state index is -1.32. The number of amides is 4. The molecule has 0 saturated carbocycles. The molecule has 0 saturated heterocycles. The highest BCUT2D eigenvalue weighted by Gasteiger charge is 2.30. The van der Waals surface area contributed by atoms with Gasteiger partial charge in [0.15, 0.2) is 0 Å². The Hall–Kier alpha value is -3.17. The molecule has 15 heteroatoms. The van der Waals surface area contributed by atoms with Gasteiger partial charge in [-0.05, 0) is 6.42 Å². The number of imidazole rings is 1. The monoisotopic (exact) mass is 473 g/mol. The van der Waals surface area contributed by atoms with Gasteiger partial charge in [-0.1, -0.05) is 0 Å². The van der Waals surface area contributed by atoms with Gasteiger partial charge in [0, 0.05) is 30.5 Å². The summed E-state index contributed by atoms with van der Waals surface area (Å²) in [6, 6.07) is -5.18. The SMILES string of the molecule is NC(=O)CCC(NC(=O)C(N)CO)C(=O)NC(Cc1cnc[nH]1)C(=O)NC(CS)C(=O)O. The lowest BCUT2D eigenvalue weighted by Crippen LogP contribution is -2.58. The Labute approximate surface area is 188 Å². The van der Waals surface area contributed by atoms with E-state index in [4.69, 9.17) is 21.7 Å². The van der Waals surface area contributed by atoms with Crippen LogP contribution in [0, 0.1) is 0 Å². The van der Waals surface area contributed by atoms with Crippen LogP contribution in [0.25, 0.3) is 0 Å². The highest BCUT2D eigenvalue weighted by atomic mass is 32.1. The number of primary amides is 1. The second-order valence-electron chi connectivity index (χ2n) is 6.78. The Bertz CT molecular complexity index is 805. The summed E-state index contributed by atoms with van der Waals surface area (Å²) in [5, 5.41) is 25.1. The number of rotatable bonds is 14. The number of aliphatic hydroxyl groups excluding tert-OH is 1. The Morgan fingerprint density at radius 3 is 2.16 bits per heavy atom. The summed E-state index contributed by atoms with van der Waals surface area (Å²) in [4.78, 5) is 66.4. The minimum Gasteiger partial charge on any atom is -0.480 e. The number of nitrogens with one attached hydrogen (secondary N) is 4.